The van der Waals surface area contributed by atoms with Gasteiger partial charge in [-0.1, -0.05) is 12.1 Å². The van der Waals surface area contributed by atoms with Crippen LogP contribution in [0.1, 0.15) is 27.7 Å². The quantitative estimate of drug-likeness (QED) is 0.654. The first-order valence-corrected chi connectivity index (χ1v) is 6.29. The molecule has 0 saturated carbocycles. The lowest BCUT2D eigenvalue weighted by atomic mass is 9.90. The summed E-state index contributed by atoms with van der Waals surface area (Å²) in [6, 6.07) is 7.44. The Morgan fingerprint density at radius 2 is 1.63 bits per heavy atom. The monoisotopic (exact) mass is 260 g/mol. The van der Waals surface area contributed by atoms with Crippen LogP contribution in [0.5, 0.6) is 0 Å². The van der Waals surface area contributed by atoms with Gasteiger partial charge >= 0.3 is 0 Å². The van der Waals surface area contributed by atoms with Crippen LogP contribution in [-0.4, -0.2) is 17.4 Å². The molecule has 1 aliphatic rings. The molecule has 1 aromatic carbocycles. The van der Waals surface area contributed by atoms with Crippen LogP contribution >= 0.6 is 0 Å². The highest BCUT2D eigenvalue weighted by molar-refractivity contribution is 5.77. The Morgan fingerprint density at radius 3 is 2.21 bits per heavy atom. The Kier molecular flexibility index (Phi) is 3.27. The molecule has 0 radical (unpaired) electrons. The van der Waals surface area contributed by atoms with Crippen molar-refractivity contribution in [1.29, 1.82) is 0 Å². The van der Waals surface area contributed by atoms with E-state index in [1.54, 1.807) is 12.3 Å². The van der Waals surface area contributed by atoms with Crippen molar-refractivity contribution < 1.29 is 9.47 Å². The van der Waals surface area contributed by atoms with E-state index in [1.165, 1.54) is 0 Å². The fourth-order valence-corrected chi connectivity index (χ4v) is 1.62. The van der Waals surface area contributed by atoms with Crippen LogP contribution in [0.25, 0.3) is 0 Å². The average Bonchev–Trinajstić information content (AvgIpc) is 2.50. The van der Waals surface area contributed by atoms with Crippen molar-refractivity contribution in [2.24, 2.45) is 4.99 Å². The molecule has 1 heterocycles. The lowest BCUT2D eigenvalue weighted by molar-refractivity contribution is 0.00578. The third-order valence-electron chi connectivity index (χ3n) is 3.52. The molecule has 19 heavy (non-hydrogen) atoms. The number of nitrogen functional groups attached to an aromatic ring is 1. The zero-order chi connectivity index (χ0) is 14.1. The molecule has 0 aliphatic carbocycles. The normalized spacial score (nSPS) is 20.1. The van der Waals surface area contributed by atoms with E-state index in [0.29, 0.717) is 11.6 Å². The van der Waals surface area contributed by atoms with Gasteiger partial charge in [-0.25, -0.2) is 0 Å². The lowest BCUT2D eigenvalue weighted by Gasteiger charge is -2.28. The molecular weight excluding hydrogens is 240 g/mol. The number of allylic oxidation sites excluding steroid dienone is 1. The van der Waals surface area contributed by atoms with Gasteiger partial charge in [0.2, 0.25) is 0 Å². The van der Waals surface area contributed by atoms with E-state index in [4.69, 9.17) is 15.2 Å². The first-order chi connectivity index (χ1) is 8.82. The predicted octanol–water partition coefficient (Wildman–Crippen LogP) is 3.42. The molecule has 0 atom stereocenters. The average molecular weight is 260 g/mol. The van der Waals surface area contributed by atoms with Crippen LogP contribution in [0.4, 0.5) is 11.4 Å². The fraction of sp³-hybridized carbons (Fsp3) is 0.400. The second-order valence-corrected chi connectivity index (χ2v) is 5.55. The predicted molar refractivity (Wildman–Crippen MR) is 77.4 cm³/mol. The largest absolute Gasteiger partial charge is 0.455 e. The van der Waals surface area contributed by atoms with E-state index in [2.05, 4.69) is 4.99 Å². The molecule has 0 aromatic heterocycles. The van der Waals surface area contributed by atoms with Crippen LogP contribution in [0.2, 0.25) is 0 Å². The highest BCUT2D eigenvalue weighted by atomic mass is 16.7. The van der Waals surface area contributed by atoms with E-state index < -0.39 is 0 Å². The second kappa shape index (κ2) is 4.61. The SMILES string of the molecule is CC1(C)OC(=CC=Nc2ccccc2N)OC1(C)C. The number of ether oxygens (including phenoxy) is 2. The topological polar surface area (TPSA) is 56.8 Å². The first kappa shape index (κ1) is 13.5. The molecule has 2 N–H and O–H groups in total. The van der Waals surface area contributed by atoms with Crippen LogP contribution in [0, 0.1) is 0 Å². The summed E-state index contributed by atoms with van der Waals surface area (Å²) >= 11 is 0. The smallest absolute Gasteiger partial charge is 0.282 e. The summed E-state index contributed by atoms with van der Waals surface area (Å²) in [6.45, 7) is 8.00. The maximum Gasteiger partial charge on any atom is 0.282 e. The van der Waals surface area contributed by atoms with Gasteiger partial charge in [0, 0.05) is 12.3 Å². The first-order valence-electron chi connectivity index (χ1n) is 6.29. The molecule has 1 aromatic rings. The van der Waals surface area contributed by atoms with Gasteiger partial charge in [-0.05, 0) is 39.8 Å². The number of nitrogens with zero attached hydrogens (tertiary/aromatic N) is 1. The Morgan fingerprint density at radius 1 is 1.05 bits per heavy atom. The molecule has 4 nitrogen and oxygen atoms in total. The standard InChI is InChI=1S/C15H20N2O2/c1-14(2)15(3,4)19-13(18-14)9-10-17-12-8-6-5-7-11(12)16/h5-10H,16H2,1-4H3. The molecular formula is C15H20N2O2. The highest BCUT2D eigenvalue weighted by Crippen LogP contribution is 2.39. The van der Waals surface area contributed by atoms with Crippen molar-refractivity contribution in [1.82, 2.24) is 0 Å². The minimum atomic E-state index is -0.363. The number of hydrogen-bond donors (Lipinski definition) is 1. The van der Waals surface area contributed by atoms with Crippen LogP contribution in [-0.2, 0) is 9.47 Å². The molecule has 2 rings (SSSR count). The summed E-state index contributed by atoms with van der Waals surface area (Å²) in [5.74, 6) is 0.480. The maximum absolute atomic E-state index is 5.80. The van der Waals surface area contributed by atoms with E-state index >= 15 is 0 Å². The van der Waals surface area contributed by atoms with Crippen LogP contribution < -0.4 is 5.73 Å². The van der Waals surface area contributed by atoms with Crippen molar-refractivity contribution in [2.45, 2.75) is 38.9 Å². The van der Waals surface area contributed by atoms with Crippen LogP contribution in [0.15, 0.2) is 41.3 Å². The zero-order valence-corrected chi connectivity index (χ0v) is 11.8. The zero-order valence-electron chi connectivity index (χ0n) is 11.8. The van der Waals surface area contributed by atoms with Gasteiger partial charge in [0.15, 0.2) is 0 Å². The Labute approximate surface area is 113 Å². The fourth-order valence-electron chi connectivity index (χ4n) is 1.62. The number of rotatable bonds is 2. The van der Waals surface area contributed by atoms with Gasteiger partial charge in [-0.15, -0.1) is 0 Å². The Hall–Kier alpha value is -1.97. The molecule has 1 saturated heterocycles. The van der Waals surface area contributed by atoms with Gasteiger partial charge in [-0.2, -0.15) is 0 Å². The Balaban J connectivity index is 2.11. The lowest BCUT2D eigenvalue weighted by Crippen LogP contribution is -2.41. The van der Waals surface area contributed by atoms with E-state index in [-0.39, 0.29) is 11.2 Å². The van der Waals surface area contributed by atoms with Crippen molar-refractivity contribution in [3.8, 4) is 0 Å². The number of aliphatic imine (C=N–C) groups is 1. The molecule has 1 fully saturated rings. The van der Waals surface area contributed by atoms with Crippen molar-refractivity contribution in [3.63, 3.8) is 0 Å². The summed E-state index contributed by atoms with van der Waals surface area (Å²) in [7, 11) is 0. The maximum atomic E-state index is 5.80. The minimum Gasteiger partial charge on any atom is -0.455 e. The molecule has 4 heteroatoms. The number of benzene rings is 1. The third-order valence-corrected chi connectivity index (χ3v) is 3.52. The van der Waals surface area contributed by atoms with Crippen molar-refractivity contribution in [2.75, 3.05) is 5.73 Å². The number of hydrogen-bond acceptors (Lipinski definition) is 4. The molecule has 102 valence electrons. The third kappa shape index (κ3) is 2.72. The second-order valence-electron chi connectivity index (χ2n) is 5.55. The summed E-state index contributed by atoms with van der Waals surface area (Å²) < 4.78 is 11.5. The van der Waals surface area contributed by atoms with E-state index in [1.807, 2.05) is 52.0 Å². The highest BCUT2D eigenvalue weighted by Gasteiger charge is 2.48. The number of para-hydroxylation sites is 2. The van der Waals surface area contributed by atoms with Gasteiger partial charge in [0.25, 0.3) is 5.95 Å². The Bertz CT molecular complexity index is 513. The van der Waals surface area contributed by atoms with E-state index in [9.17, 15) is 0 Å². The van der Waals surface area contributed by atoms with Crippen molar-refractivity contribution >= 4 is 17.6 Å². The van der Waals surface area contributed by atoms with Gasteiger partial charge in [0.05, 0.1) is 11.4 Å². The summed E-state index contributed by atoms with van der Waals surface area (Å²) in [5.41, 5.74) is 6.46. The molecule has 0 spiro atoms. The summed E-state index contributed by atoms with van der Waals surface area (Å²) in [5, 5.41) is 0. The minimum absolute atomic E-state index is 0.363. The molecule has 0 bridgehead atoms. The molecule has 0 unspecified atom stereocenters. The molecule has 0 amide bonds. The van der Waals surface area contributed by atoms with Crippen LogP contribution in [0.3, 0.4) is 0 Å². The van der Waals surface area contributed by atoms with Gasteiger partial charge in [0.1, 0.15) is 11.2 Å². The summed E-state index contributed by atoms with van der Waals surface area (Å²) in [4.78, 5) is 4.28. The summed E-state index contributed by atoms with van der Waals surface area (Å²) in [6.07, 6.45) is 3.35. The van der Waals surface area contributed by atoms with Gasteiger partial charge < -0.3 is 15.2 Å². The number of anilines is 1. The van der Waals surface area contributed by atoms with E-state index in [0.717, 1.165) is 5.69 Å². The number of nitrogens with two attached hydrogens (primary N) is 1. The van der Waals surface area contributed by atoms with Crippen molar-refractivity contribution in [3.05, 3.63) is 36.3 Å². The van der Waals surface area contributed by atoms with Gasteiger partial charge in [-0.3, -0.25) is 4.99 Å². The molecule has 1 aliphatic heterocycles.